The number of anilines is 2. The van der Waals surface area contributed by atoms with Crippen LogP contribution in [0.1, 0.15) is 37.3 Å². The van der Waals surface area contributed by atoms with Gasteiger partial charge in [0.1, 0.15) is 17.6 Å². The van der Waals surface area contributed by atoms with Gasteiger partial charge in [0.25, 0.3) is 0 Å². The number of ketones is 1. The second kappa shape index (κ2) is 10.7. The quantitative estimate of drug-likeness (QED) is 0.460. The fraction of sp³-hybridized carbons (Fsp3) is 0.269. The highest BCUT2D eigenvalue weighted by atomic mass is 19.1. The summed E-state index contributed by atoms with van der Waals surface area (Å²) in [6.07, 6.45) is 0.557. The van der Waals surface area contributed by atoms with Gasteiger partial charge in [-0.15, -0.1) is 0 Å². The Morgan fingerprint density at radius 1 is 1.39 bits per heavy atom. The van der Waals surface area contributed by atoms with Crippen LogP contribution in [0.3, 0.4) is 0 Å². The molecule has 2 aromatic carbocycles. The van der Waals surface area contributed by atoms with Crippen molar-refractivity contribution in [2.24, 2.45) is 0 Å². The molecule has 1 N–H and O–H groups in total. The molecule has 0 saturated heterocycles. The van der Waals surface area contributed by atoms with Crippen LogP contribution in [0.25, 0.3) is 10.9 Å². The summed E-state index contributed by atoms with van der Waals surface area (Å²) in [6, 6.07) is -1.59. The number of nitriles is 1. The minimum absolute atomic E-state index is 0.282. The number of allylic oxidation sites excluding steroid dienone is 1. The van der Waals surface area contributed by atoms with Gasteiger partial charge in [0.15, 0.2) is 5.78 Å². The zero-order valence-electron chi connectivity index (χ0n) is 28.4. The molecule has 0 radical (unpaired) electrons. The van der Waals surface area contributed by atoms with Crippen LogP contribution in [0.4, 0.5) is 15.8 Å². The van der Waals surface area contributed by atoms with Crippen molar-refractivity contribution in [1.29, 1.82) is 5.26 Å². The van der Waals surface area contributed by atoms with Crippen molar-refractivity contribution in [2.45, 2.75) is 20.3 Å². The number of nitrogens with zero attached hydrogens (tertiary/aromatic N) is 3. The van der Waals surface area contributed by atoms with Crippen molar-refractivity contribution in [3.8, 4) is 11.8 Å². The highest BCUT2D eigenvalue weighted by Crippen LogP contribution is 2.34. The predicted octanol–water partition coefficient (Wildman–Crippen LogP) is 4.93. The van der Waals surface area contributed by atoms with E-state index >= 15 is 0 Å². The summed E-state index contributed by atoms with van der Waals surface area (Å²) in [5.41, 5.74) is -2.28. The number of hydrogen-bond acceptors (Lipinski definition) is 6. The Morgan fingerprint density at radius 2 is 2.18 bits per heavy atom. The van der Waals surface area contributed by atoms with Crippen LogP contribution in [0, 0.1) is 24.1 Å². The molecule has 0 atom stereocenters. The van der Waals surface area contributed by atoms with Gasteiger partial charge >= 0.3 is 0 Å². The van der Waals surface area contributed by atoms with E-state index in [1.54, 1.807) is 6.07 Å². The van der Waals surface area contributed by atoms with Gasteiger partial charge in [0.05, 0.1) is 34.3 Å². The minimum atomic E-state index is -2.40. The van der Waals surface area contributed by atoms with Crippen LogP contribution in [-0.4, -0.2) is 42.8 Å². The first-order chi connectivity index (χ1) is 19.7. The van der Waals surface area contributed by atoms with E-state index in [2.05, 4.69) is 10.3 Å². The lowest BCUT2D eigenvalue weighted by molar-refractivity contribution is -0.114. The lowest BCUT2D eigenvalue weighted by atomic mass is 10.0. The lowest BCUT2D eigenvalue weighted by Gasteiger charge is -2.15. The van der Waals surface area contributed by atoms with Crippen LogP contribution >= 0.6 is 0 Å². The van der Waals surface area contributed by atoms with Crippen LogP contribution < -0.4 is 10.1 Å². The molecule has 0 aliphatic carbocycles. The molecule has 33 heavy (non-hydrogen) atoms. The minimum Gasteiger partial charge on any atom is -0.494 e. The molecule has 0 aliphatic heterocycles. The molecule has 7 heteroatoms. The first-order valence-corrected chi connectivity index (χ1v) is 9.71. The van der Waals surface area contributed by atoms with E-state index in [9.17, 15) is 14.4 Å². The van der Waals surface area contributed by atoms with Gasteiger partial charge < -0.3 is 15.0 Å². The Bertz CT molecular complexity index is 1690. The fourth-order valence-corrected chi connectivity index (χ4v) is 2.77. The number of carbonyl (C=O) groups is 1. The molecule has 1 heterocycles. The summed E-state index contributed by atoms with van der Waals surface area (Å²) < 4.78 is 102. The number of ether oxygens (including phenoxy) is 1. The number of aromatic nitrogens is 1. The predicted molar refractivity (Wildman–Crippen MR) is 128 cm³/mol. The molecule has 0 bridgehead atoms. The molecule has 3 rings (SSSR count). The zero-order chi connectivity index (χ0) is 32.8. The van der Waals surface area contributed by atoms with Gasteiger partial charge in [-0.3, -0.25) is 9.78 Å². The normalized spacial score (nSPS) is 16.4. The van der Waals surface area contributed by atoms with Crippen molar-refractivity contribution in [1.82, 2.24) is 9.88 Å². The van der Waals surface area contributed by atoms with Gasteiger partial charge in [-0.25, -0.2) is 4.39 Å². The van der Waals surface area contributed by atoms with Gasteiger partial charge in [-0.05, 0) is 63.8 Å². The highest BCUT2D eigenvalue weighted by Gasteiger charge is 2.16. The van der Waals surface area contributed by atoms with E-state index in [1.807, 2.05) is 0 Å². The molecule has 6 nitrogen and oxygen atoms in total. The molecule has 0 saturated carbocycles. The number of hydrogen-bond donors (Lipinski definition) is 1. The summed E-state index contributed by atoms with van der Waals surface area (Å²) in [5.74, 6) is -2.38. The third kappa shape index (κ3) is 5.93. The standard InChI is InChI=1S/C26H27FN4O2/c1-5-33-25-14-24-22(13-18(25)12-21(32)7-6-10-31(3)4)26(19(15-28)16-29-24)30-20-8-9-23(27)17(2)11-20/h6-9,11,13-14,16H,5,10,12H2,1-4H3,(H,29,30)/b7-6+/i5D2,8D,9D,10D2,11D,13D,14D,16D. The van der Waals surface area contributed by atoms with E-state index < -0.39 is 90.0 Å². The van der Waals surface area contributed by atoms with Crippen molar-refractivity contribution in [3.63, 3.8) is 0 Å². The lowest BCUT2D eigenvalue weighted by Crippen LogP contribution is -2.11. The number of carbonyl (C=O) groups excluding carboxylic acids is 1. The van der Waals surface area contributed by atoms with E-state index in [0.29, 0.717) is 0 Å². The summed E-state index contributed by atoms with van der Waals surface area (Å²) in [6.45, 7) is -2.18. The Morgan fingerprint density at radius 3 is 2.88 bits per heavy atom. The van der Waals surface area contributed by atoms with Crippen molar-refractivity contribution in [2.75, 3.05) is 32.5 Å². The average molecular weight is 457 g/mol. The molecule has 0 spiro atoms. The second-order valence-corrected chi connectivity index (χ2v) is 6.99. The van der Waals surface area contributed by atoms with Gasteiger partial charge in [0.2, 0.25) is 0 Å². The Hall–Kier alpha value is -3.76. The highest BCUT2D eigenvalue weighted by molar-refractivity contribution is 5.98. The molecule has 0 unspecified atom stereocenters. The number of halogens is 1. The van der Waals surface area contributed by atoms with Crippen molar-refractivity contribution >= 4 is 28.1 Å². The second-order valence-electron chi connectivity index (χ2n) is 6.99. The summed E-state index contributed by atoms with van der Waals surface area (Å²) in [4.78, 5) is 18.1. The van der Waals surface area contributed by atoms with Crippen LogP contribution in [-0.2, 0) is 11.2 Å². The first kappa shape index (κ1) is 13.7. The number of fused-ring (bicyclic) bond motifs is 1. The first-order valence-electron chi connectivity index (χ1n) is 14.7. The third-order valence-electron chi connectivity index (χ3n) is 4.26. The fourth-order valence-electron chi connectivity index (χ4n) is 2.77. The molecular formula is C26H27FN4O2. The Labute approximate surface area is 207 Å². The molecule has 0 amide bonds. The number of rotatable bonds is 9. The van der Waals surface area contributed by atoms with Crippen LogP contribution in [0.5, 0.6) is 5.75 Å². The number of nitrogens with one attached hydrogen (secondary N) is 1. The number of likely N-dealkylation sites (N-methyl/N-ethyl adjacent to an activating group) is 1. The average Bonchev–Trinajstić information content (AvgIpc) is 2.91. The van der Waals surface area contributed by atoms with Gasteiger partial charge in [-0.1, -0.05) is 6.08 Å². The third-order valence-corrected chi connectivity index (χ3v) is 4.26. The van der Waals surface area contributed by atoms with Gasteiger partial charge in [0, 0.05) is 44.5 Å². The largest absolute Gasteiger partial charge is 0.494 e. The maximum atomic E-state index is 14.4. The SMILES string of the molecule is [2H]c1nc2c([2H])c(OC([2H])([2H])C)c(CC(=O)/C=C/C([2H])([2H])N(C)C)c([2H])c2c(Nc2c([2H])c([2H])c(F)c(C)c2[2H])c1C#N. The van der Waals surface area contributed by atoms with Crippen molar-refractivity contribution in [3.05, 3.63) is 71.0 Å². The summed E-state index contributed by atoms with van der Waals surface area (Å²) in [5, 5.41) is 12.2. The zero-order valence-corrected chi connectivity index (χ0v) is 18.4. The van der Waals surface area contributed by atoms with Crippen LogP contribution in [0.2, 0.25) is 0 Å². The molecule has 3 aromatic rings. The monoisotopic (exact) mass is 456 g/mol. The maximum absolute atomic E-state index is 14.4. The number of benzene rings is 2. The number of pyridine rings is 1. The van der Waals surface area contributed by atoms with Crippen LogP contribution in [0.15, 0.2) is 48.5 Å². The van der Waals surface area contributed by atoms with Gasteiger partial charge in [-0.2, -0.15) is 5.26 Å². The van der Waals surface area contributed by atoms with E-state index in [4.69, 9.17) is 18.4 Å². The molecular weight excluding hydrogens is 419 g/mol. The van der Waals surface area contributed by atoms with E-state index in [0.717, 1.165) is 19.1 Å². The molecule has 0 aliphatic rings. The van der Waals surface area contributed by atoms with Crippen molar-refractivity contribution < 1.29 is 27.6 Å². The topological polar surface area (TPSA) is 78.2 Å². The smallest absolute Gasteiger partial charge is 0.159 e. The molecule has 0 fully saturated rings. The molecule has 1 aromatic heterocycles. The Kier molecular flexibility index (Phi) is 4.45. The molecule has 170 valence electrons. The Balaban J connectivity index is 2.41. The van der Waals surface area contributed by atoms with E-state index in [-0.39, 0.29) is 22.2 Å². The van der Waals surface area contributed by atoms with E-state index in [1.165, 1.54) is 25.9 Å². The maximum Gasteiger partial charge on any atom is 0.159 e. The summed E-state index contributed by atoms with van der Waals surface area (Å²) >= 11 is 0. The summed E-state index contributed by atoms with van der Waals surface area (Å²) in [7, 11) is 2.90.